The minimum absolute atomic E-state index is 0.792. The highest BCUT2D eigenvalue weighted by molar-refractivity contribution is 5.94. The Kier molecular flexibility index (Phi) is 3.15. The Hall–Kier alpha value is -1.79. The van der Waals surface area contributed by atoms with Crippen molar-refractivity contribution >= 4 is 17.9 Å². The highest BCUT2D eigenvalue weighted by Crippen LogP contribution is 2.84. The lowest BCUT2D eigenvalue weighted by Gasteiger charge is -2.47. The molecule has 2 spiro atoms. The summed E-state index contributed by atoms with van der Waals surface area (Å²) in [5, 5.41) is 46.1. The summed E-state index contributed by atoms with van der Waals surface area (Å²) >= 11 is 0. The molecular weight excluding hydrogens is 416 g/mol. The third kappa shape index (κ3) is 1.43. The number of hydrogen-bond acceptors (Lipinski definition) is 11. The van der Waals surface area contributed by atoms with Crippen molar-refractivity contribution in [2.24, 2.45) is 28.1 Å². The Bertz CT molecular complexity index is 957. The third-order valence-electron chi connectivity index (χ3n) is 8.95. The number of rotatable bonds is 0. The lowest BCUT2D eigenvalue weighted by atomic mass is 9.51. The number of esters is 3. The fraction of sp³-hybridized carbons (Fsp3) is 0.850. The first-order valence-corrected chi connectivity index (χ1v) is 10.3. The largest absolute Gasteiger partial charge is 0.456 e. The van der Waals surface area contributed by atoms with Gasteiger partial charge in [-0.25, -0.2) is 9.59 Å². The molecule has 11 nitrogen and oxygen atoms in total. The van der Waals surface area contributed by atoms with E-state index in [2.05, 4.69) is 0 Å². The van der Waals surface area contributed by atoms with Gasteiger partial charge in [0.05, 0.1) is 22.9 Å². The predicted octanol–water partition coefficient (Wildman–Crippen LogP) is -2.40. The quantitative estimate of drug-likeness (QED) is 0.234. The summed E-state index contributed by atoms with van der Waals surface area (Å²) in [4.78, 5) is 38.3. The first kappa shape index (κ1) is 19.9. The van der Waals surface area contributed by atoms with Crippen LogP contribution < -0.4 is 0 Å². The zero-order chi connectivity index (χ0) is 22.7. The van der Waals surface area contributed by atoms with Crippen molar-refractivity contribution in [1.82, 2.24) is 0 Å². The summed E-state index contributed by atoms with van der Waals surface area (Å²) in [5.41, 5.74) is -9.40. The summed E-state index contributed by atoms with van der Waals surface area (Å²) in [5.74, 6) is -5.22. The molecule has 11 heteroatoms. The van der Waals surface area contributed by atoms with Crippen LogP contribution in [-0.4, -0.2) is 86.3 Å². The van der Waals surface area contributed by atoms with E-state index in [0.29, 0.717) is 0 Å². The van der Waals surface area contributed by atoms with Gasteiger partial charge in [0.2, 0.25) is 11.9 Å². The van der Waals surface area contributed by atoms with Crippen LogP contribution in [0.25, 0.3) is 0 Å². The monoisotopic (exact) mass is 440 g/mol. The zero-order valence-corrected chi connectivity index (χ0v) is 17.3. The summed E-state index contributed by atoms with van der Waals surface area (Å²) < 4.78 is 22.2. The lowest BCUT2D eigenvalue weighted by molar-refractivity contribution is -0.240. The fourth-order valence-corrected chi connectivity index (χ4v) is 8.27. The molecule has 4 heterocycles. The van der Waals surface area contributed by atoms with Crippen molar-refractivity contribution in [3.63, 3.8) is 0 Å². The van der Waals surface area contributed by atoms with Gasteiger partial charge in [0.1, 0.15) is 12.2 Å². The van der Waals surface area contributed by atoms with E-state index in [9.17, 15) is 34.8 Å². The van der Waals surface area contributed by atoms with Crippen molar-refractivity contribution in [2.45, 2.75) is 75.7 Å². The van der Waals surface area contributed by atoms with Gasteiger partial charge in [0.15, 0.2) is 17.8 Å². The second-order valence-corrected chi connectivity index (χ2v) is 10.8. The highest BCUT2D eigenvalue weighted by atomic mass is 16.8. The van der Waals surface area contributed by atoms with E-state index in [4.69, 9.17) is 18.9 Å². The van der Waals surface area contributed by atoms with E-state index in [-0.39, 0.29) is 0 Å². The number of ether oxygens (including phenoxy) is 4. The summed E-state index contributed by atoms with van der Waals surface area (Å²) in [6.45, 7) is 6.63. The van der Waals surface area contributed by atoms with Crippen LogP contribution >= 0.6 is 0 Å². The van der Waals surface area contributed by atoms with E-state index >= 15 is 0 Å². The van der Waals surface area contributed by atoms with Crippen LogP contribution in [0.2, 0.25) is 0 Å². The van der Waals surface area contributed by atoms with Crippen molar-refractivity contribution in [3.05, 3.63) is 0 Å². The van der Waals surface area contributed by atoms with Gasteiger partial charge in [0.25, 0.3) is 0 Å². The van der Waals surface area contributed by atoms with Crippen LogP contribution in [0.15, 0.2) is 0 Å². The molecule has 4 N–H and O–H groups in total. The Morgan fingerprint density at radius 2 is 1.58 bits per heavy atom. The minimum atomic E-state index is -2.40. The van der Waals surface area contributed by atoms with Gasteiger partial charge < -0.3 is 39.4 Å². The summed E-state index contributed by atoms with van der Waals surface area (Å²) in [6, 6.07) is 0. The van der Waals surface area contributed by atoms with Gasteiger partial charge >= 0.3 is 17.9 Å². The maximum Gasteiger partial charge on any atom is 0.343 e. The average Bonchev–Trinajstić information content (AvgIpc) is 3.35. The van der Waals surface area contributed by atoms with Crippen LogP contribution in [0.4, 0.5) is 0 Å². The van der Waals surface area contributed by atoms with Gasteiger partial charge in [-0.15, -0.1) is 0 Å². The maximum absolute atomic E-state index is 13.4. The molecule has 0 aromatic heterocycles. The van der Waals surface area contributed by atoms with Crippen molar-refractivity contribution in [1.29, 1.82) is 0 Å². The summed E-state index contributed by atoms with van der Waals surface area (Å²) in [6.07, 6.45) is -9.69. The van der Waals surface area contributed by atoms with Crippen LogP contribution in [0.3, 0.4) is 0 Å². The van der Waals surface area contributed by atoms with E-state index in [0.717, 1.165) is 0 Å². The molecular formula is C20H24O11. The molecule has 170 valence electrons. The number of aliphatic hydroxyl groups is 4. The zero-order valence-electron chi connectivity index (χ0n) is 17.3. The van der Waals surface area contributed by atoms with Crippen LogP contribution in [-0.2, 0) is 33.3 Å². The Labute approximate surface area is 176 Å². The smallest absolute Gasteiger partial charge is 0.343 e. The van der Waals surface area contributed by atoms with Gasteiger partial charge in [-0.1, -0.05) is 20.8 Å². The Morgan fingerprint density at radius 1 is 0.935 bits per heavy atom. The fourth-order valence-electron chi connectivity index (χ4n) is 8.27. The molecule has 6 aliphatic rings. The van der Waals surface area contributed by atoms with E-state index < -0.39 is 94.0 Å². The molecule has 6 rings (SSSR count). The second-order valence-electron chi connectivity index (χ2n) is 10.8. The number of carbonyl (C=O) groups is 3. The van der Waals surface area contributed by atoms with Crippen LogP contribution in [0, 0.1) is 28.1 Å². The lowest BCUT2D eigenvalue weighted by Crippen LogP contribution is -2.67. The van der Waals surface area contributed by atoms with Crippen molar-refractivity contribution < 1.29 is 53.8 Å². The molecule has 0 bridgehead atoms. The molecule has 3 unspecified atom stereocenters. The Morgan fingerprint density at radius 3 is 2.19 bits per heavy atom. The number of carbonyl (C=O) groups excluding carboxylic acids is 3. The van der Waals surface area contributed by atoms with E-state index in [1.165, 1.54) is 6.92 Å². The molecule has 6 fully saturated rings. The topological polar surface area (TPSA) is 169 Å². The van der Waals surface area contributed by atoms with Gasteiger partial charge in [-0.3, -0.25) is 4.79 Å². The number of fused-ring (bicyclic) bond motifs is 1. The molecule has 0 amide bonds. The maximum atomic E-state index is 13.4. The first-order chi connectivity index (χ1) is 14.3. The third-order valence-corrected chi connectivity index (χ3v) is 8.95. The van der Waals surface area contributed by atoms with Crippen molar-refractivity contribution in [3.8, 4) is 0 Å². The molecule has 2 saturated carbocycles. The number of hydrogen-bond donors (Lipinski definition) is 4. The van der Waals surface area contributed by atoms with E-state index in [1.807, 2.05) is 0 Å². The van der Waals surface area contributed by atoms with Crippen LogP contribution in [0.5, 0.6) is 0 Å². The minimum Gasteiger partial charge on any atom is -0.456 e. The molecule has 2 aliphatic carbocycles. The number of aliphatic hydroxyl groups excluding tert-OH is 3. The first-order valence-electron chi connectivity index (χ1n) is 10.3. The molecule has 12 atom stereocenters. The summed E-state index contributed by atoms with van der Waals surface area (Å²) in [7, 11) is 0. The average molecular weight is 440 g/mol. The van der Waals surface area contributed by atoms with Gasteiger partial charge in [-0.05, 0) is 12.3 Å². The molecule has 0 aromatic carbocycles. The standard InChI is InChI=1S/C20H24O11/c1-5-12(24)28-11-8(22)18-10-6(21)7(16(2,3)4)17(18)9(23)13(25)30-15(17)31-20(18,14(26)29-10)19(5,11)27/h5-11,15,21-23,27H,1-4H3/t5-,6-,7+,8+,9+,10-,11-,15-,17?,18?,19-,20?/m1/s1. The molecule has 0 radical (unpaired) electrons. The molecule has 4 aliphatic heterocycles. The van der Waals surface area contributed by atoms with Gasteiger partial charge in [0, 0.05) is 5.92 Å². The van der Waals surface area contributed by atoms with Crippen molar-refractivity contribution in [2.75, 3.05) is 0 Å². The predicted molar refractivity (Wildman–Crippen MR) is 93.4 cm³/mol. The normalized spacial score (nSPS) is 61.0. The molecule has 31 heavy (non-hydrogen) atoms. The second kappa shape index (κ2) is 4.91. The van der Waals surface area contributed by atoms with E-state index in [1.54, 1.807) is 20.8 Å². The molecule has 4 saturated heterocycles. The highest BCUT2D eigenvalue weighted by Gasteiger charge is 3.05. The SMILES string of the molecule is C[C@@H]1C(=O)O[C@@H]2[C@H](O)C34[C@@H]5OC(=O)C3(O[C@H]3OC(=O)[C@H](O)C34[C@H](C(C)(C)C)[C@H]5O)[C@@]12O. The van der Waals surface area contributed by atoms with Gasteiger partial charge in [-0.2, -0.15) is 0 Å². The van der Waals surface area contributed by atoms with Crippen LogP contribution in [0.1, 0.15) is 27.7 Å². The molecule has 0 aromatic rings. The Balaban J connectivity index is 1.75.